The maximum absolute atomic E-state index is 7.70. The fraction of sp³-hybridized carbons (Fsp3) is 1.00. The second kappa shape index (κ2) is 9.79. The highest BCUT2D eigenvalue weighted by Gasteiger charge is 2.59. The van der Waals surface area contributed by atoms with Crippen molar-refractivity contribution < 1.29 is 9.47 Å². The van der Waals surface area contributed by atoms with Crippen molar-refractivity contribution in [2.45, 2.75) is 94.3 Å². The molecule has 2 radical (unpaired) electrons. The first-order chi connectivity index (χ1) is 13.3. The number of hydrogen-bond donors (Lipinski definition) is 0. The van der Waals surface area contributed by atoms with Crippen LogP contribution in [0, 0.1) is 0 Å². The summed E-state index contributed by atoms with van der Waals surface area (Å²) in [5, 5.41) is 0. The SMILES string of the molecule is [B][P+]([C@H]1CCCC([Si](C)(C)C)C1)(N1CCC[C@H]1COC)N1CCC[C@H]1COC. The molecule has 0 spiro atoms. The summed E-state index contributed by atoms with van der Waals surface area (Å²) in [6, 6.07) is 0.999. The summed E-state index contributed by atoms with van der Waals surface area (Å²) in [6.07, 6.45) is 10.5. The van der Waals surface area contributed by atoms with Crippen LogP contribution in [0.5, 0.6) is 0 Å². The third-order valence-electron chi connectivity index (χ3n) is 7.64. The molecule has 1 saturated carbocycles. The third kappa shape index (κ3) is 4.73. The number of hydrogen-bond acceptors (Lipinski definition) is 4. The molecule has 2 saturated heterocycles. The predicted molar refractivity (Wildman–Crippen MR) is 125 cm³/mol. The van der Waals surface area contributed by atoms with Crippen LogP contribution in [-0.4, -0.2) is 83.2 Å². The fourth-order valence-corrected chi connectivity index (χ4v) is 12.9. The van der Waals surface area contributed by atoms with Crippen LogP contribution in [0.3, 0.4) is 0 Å². The molecule has 0 aromatic rings. The standard InChI is InChI=1S/C21H43BN2O2PSi/c1-25-16-18-9-7-13-23(18)27(22,24-14-8-10-19(24)17-26-2)20-11-6-12-21(15-20)28(3,4)5/h18-21H,6-17H2,1-5H3/q+1/t18-,19-,20-,21?/m0/s1. The number of ether oxygens (including phenoxy) is 2. The van der Waals surface area contributed by atoms with Gasteiger partial charge < -0.3 is 9.47 Å². The Labute approximate surface area is 176 Å². The van der Waals surface area contributed by atoms with E-state index in [1.165, 1.54) is 51.4 Å². The highest BCUT2D eigenvalue weighted by molar-refractivity contribution is 7.94. The third-order valence-corrected chi connectivity index (χ3v) is 14.9. The maximum Gasteiger partial charge on any atom is 0.409 e. The van der Waals surface area contributed by atoms with Crippen LogP contribution in [-0.2, 0) is 9.47 Å². The minimum atomic E-state index is -1.89. The molecule has 4 nitrogen and oxygen atoms in total. The Hall–Kier alpha value is 0.552. The largest absolute Gasteiger partial charge is 0.409 e. The van der Waals surface area contributed by atoms with Crippen molar-refractivity contribution in [3.63, 3.8) is 0 Å². The second-order valence-corrected chi connectivity index (χ2v) is 19.1. The van der Waals surface area contributed by atoms with Gasteiger partial charge in [-0.1, -0.05) is 26.1 Å². The molecular formula is C21H43BN2O2PSi+. The van der Waals surface area contributed by atoms with Gasteiger partial charge >= 0.3 is 7.57 Å². The first-order valence-corrected chi connectivity index (χ1v) is 16.9. The summed E-state index contributed by atoms with van der Waals surface area (Å²) < 4.78 is 16.8. The fourth-order valence-electron chi connectivity index (χ4n) is 6.07. The lowest BCUT2D eigenvalue weighted by molar-refractivity contribution is 0.135. The normalized spacial score (nSPS) is 33.6. The van der Waals surface area contributed by atoms with E-state index in [1.807, 2.05) is 14.2 Å². The lowest BCUT2D eigenvalue weighted by Gasteiger charge is -2.50. The summed E-state index contributed by atoms with van der Waals surface area (Å²) in [7, 11) is 8.35. The van der Waals surface area contributed by atoms with Crippen LogP contribution < -0.4 is 0 Å². The summed E-state index contributed by atoms with van der Waals surface area (Å²) in [4.78, 5) is 0. The van der Waals surface area contributed by atoms with Crippen LogP contribution in [0.15, 0.2) is 0 Å². The van der Waals surface area contributed by atoms with E-state index in [9.17, 15) is 0 Å². The van der Waals surface area contributed by atoms with Crippen molar-refractivity contribution in [1.29, 1.82) is 0 Å². The van der Waals surface area contributed by atoms with Gasteiger partial charge in [-0.15, -0.1) is 0 Å². The Bertz CT molecular complexity index is 483. The Kier molecular flexibility index (Phi) is 8.12. The zero-order valence-electron chi connectivity index (χ0n) is 19.0. The Morgan fingerprint density at radius 1 is 0.857 bits per heavy atom. The van der Waals surface area contributed by atoms with Gasteiger partial charge in [0.05, 0.1) is 31.0 Å². The van der Waals surface area contributed by atoms with Crippen LogP contribution in [0.1, 0.15) is 51.4 Å². The topological polar surface area (TPSA) is 24.9 Å². The molecular weight excluding hydrogens is 382 g/mol. The monoisotopic (exact) mass is 425 g/mol. The van der Waals surface area contributed by atoms with Crippen molar-refractivity contribution in [1.82, 2.24) is 9.34 Å². The molecule has 3 fully saturated rings. The average Bonchev–Trinajstić information content (AvgIpc) is 3.31. The average molecular weight is 425 g/mol. The molecule has 1 unspecified atom stereocenters. The molecule has 2 heterocycles. The van der Waals surface area contributed by atoms with E-state index in [0.29, 0.717) is 17.7 Å². The maximum atomic E-state index is 7.70. The summed E-state index contributed by atoms with van der Waals surface area (Å²) in [5.41, 5.74) is 1.58. The summed E-state index contributed by atoms with van der Waals surface area (Å²) >= 11 is 0. The van der Waals surface area contributed by atoms with Crippen molar-refractivity contribution in [3.8, 4) is 0 Å². The van der Waals surface area contributed by atoms with Gasteiger partial charge in [0.25, 0.3) is 0 Å². The van der Waals surface area contributed by atoms with Crippen molar-refractivity contribution in [2.24, 2.45) is 0 Å². The van der Waals surface area contributed by atoms with Gasteiger partial charge in [-0.2, -0.15) is 9.34 Å². The van der Waals surface area contributed by atoms with Crippen LogP contribution in [0.2, 0.25) is 25.2 Å². The zero-order chi connectivity index (χ0) is 20.4. The molecule has 7 heteroatoms. The van der Waals surface area contributed by atoms with E-state index in [-0.39, 0.29) is 0 Å². The van der Waals surface area contributed by atoms with Gasteiger partial charge in [-0.25, -0.2) is 0 Å². The van der Waals surface area contributed by atoms with E-state index in [1.54, 1.807) is 0 Å². The molecule has 4 atom stereocenters. The predicted octanol–water partition coefficient (Wildman–Crippen LogP) is 4.79. The van der Waals surface area contributed by atoms with Gasteiger partial charge in [0.15, 0.2) is 0 Å². The first kappa shape index (κ1) is 23.2. The molecule has 1 aliphatic carbocycles. The number of rotatable bonds is 8. The molecule has 0 N–H and O–H groups in total. The van der Waals surface area contributed by atoms with E-state index < -0.39 is 15.5 Å². The van der Waals surface area contributed by atoms with Crippen molar-refractivity contribution in [3.05, 3.63) is 0 Å². The molecule has 0 aromatic heterocycles. The Morgan fingerprint density at radius 3 is 1.86 bits per heavy atom. The molecule has 160 valence electrons. The lowest BCUT2D eigenvalue weighted by atomic mass is 9.99. The highest BCUT2D eigenvalue weighted by Crippen LogP contribution is 2.72. The van der Waals surface area contributed by atoms with E-state index >= 15 is 0 Å². The molecule has 3 rings (SSSR count). The van der Waals surface area contributed by atoms with Crippen molar-refractivity contribution >= 4 is 23.1 Å². The smallest absolute Gasteiger partial charge is 0.383 e. The second-order valence-electron chi connectivity index (χ2n) is 10.4. The zero-order valence-corrected chi connectivity index (χ0v) is 20.9. The molecule has 2 aliphatic heterocycles. The minimum Gasteiger partial charge on any atom is -0.383 e. The van der Waals surface area contributed by atoms with Gasteiger partial charge in [-0.3, -0.25) is 0 Å². The molecule has 0 amide bonds. The highest BCUT2D eigenvalue weighted by atomic mass is 31.2. The van der Waals surface area contributed by atoms with Gasteiger partial charge in [0.2, 0.25) is 0 Å². The number of nitrogens with zero attached hydrogens (tertiary/aromatic N) is 2. The minimum absolute atomic E-state index is 0.499. The van der Waals surface area contributed by atoms with Gasteiger partial charge in [-0.05, 0) is 50.5 Å². The summed E-state index contributed by atoms with van der Waals surface area (Å²) in [5.74, 6) is 0. The van der Waals surface area contributed by atoms with E-state index in [4.69, 9.17) is 17.0 Å². The van der Waals surface area contributed by atoms with Crippen LogP contribution in [0.25, 0.3) is 0 Å². The first-order valence-electron chi connectivity index (χ1n) is 11.5. The van der Waals surface area contributed by atoms with E-state index in [2.05, 4.69) is 29.0 Å². The quantitative estimate of drug-likeness (QED) is 0.412. The Morgan fingerprint density at radius 2 is 1.39 bits per heavy atom. The van der Waals surface area contributed by atoms with Crippen LogP contribution in [0.4, 0.5) is 0 Å². The van der Waals surface area contributed by atoms with E-state index in [0.717, 1.165) is 31.8 Å². The number of methoxy groups -OCH3 is 2. The van der Waals surface area contributed by atoms with Gasteiger partial charge in [0.1, 0.15) is 7.44 Å². The molecule has 3 aliphatic rings. The summed E-state index contributed by atoms with van der Waals surface area (Å²) in [6.45, 7) is 11.6. The van der Waals surface area contributed by atoms with Gasteiger partial charge in [0, 0.05) is 35.4 Å². The molecule has 28 heavy (non-hydrogen) atoms. The molecule has 0 bridgehead atoms. The molecule has 0 aromatic carbocycles. The lowest BCUT2D eigenvalue weighted by Crippen LogP contribution is -2.49. The Balaban J connectivity index is 1.92. The van der Waals surface area contributed by atoms with Crippen LogP contribution >= 0.6 is 7.44 Å². The van der Waals surface area contributed by atoms with Crippen molar-refractivity contribution in [2.75, 3.05) is 40.5 Å².